The molecular weight excluding hydrogens is 244 g/mol. The number of rotatable bonds is 1. The fraction of sp³-hybridized carbons (Fsp3) is 0.857. The van der Waals surface area contributed by atoms with Crippen LogP contribution in [0, 0.1) is 11.8 Å². The Morgan fingerprint density at radius 1 is 1.16 bits per heavy atom. The second-order valence-corrected chi connectivity index (χ2v) is 6.47. The molecule has 3 fully saturated rings. The summed E-state index contributed by atoms with van der Waals surface area (Å²) in [5.41, 5.74) is -1.01. The van der Waals surface area contributed by atoms with Crippen LogP contribution in [0.15, 0.2) is 0 Å². The molecule has 1 aliphatic carbocycles. The van der Waals surface area contributed by atoms with Crippen LogP contribution in [-0.2, 0) is 4.79 Å². The zero-order chi connectivity index (χ0) is 13.6. The third-order valence-corrected chi connectivity index (χ3v) is 5.33. The van der Waals surface area contributed by atoms with E-state index in [1.807, 2.05) is 4.90 Å². The Morgan fingerprint density at radius 3 is 2.37 bits per heavy atom. The van der Waals surface area contributed by atoms with Crippen LogP contribution in [0.3, 0.4) is 0 Å². The number of carboxylic acid groups (broad SMARTS) is 1. The van der Waals surface area contributed by atoms with Gasteiger partial charge in [0.2, 0.25) is 0 Å². The molecular formula is C14H22N2O3. The number of carbonyl (C=O) groups is 2. The van der Waals surface area contributed by atoms with E-state index in [4.69, 9.17) is 0 Å². The number of carbonyl (C=O) groups excluding carboxylic acids is 1. The van der Waals surface area contributed by atoms with E-state index < -0.39 is 11.5 Å². The lowest BCUT2D eigenvalue weighted by Gasteiger charge is -2.34. The van der Waals surface area contributed by atoms with Crippen molar-refractivity contribution in [2.24, 2.45) is 11.8 Å². The van der Waals surface area contributed by atoms with Crippen LogP contribution in [0.1, 0.15) is 39.0 Å². The highest BCUT2D eigenvalue weighted by Gasteiger charge is 2.49. The standard InChI is InChI=1S/C14H22N2O3/c1-14(12(17)18)6-3-7-16(14)13(19)15-8-10-4-2-5-11(10)9-15/h10-11H,2-9H2,1H3,(H,17,18). The van der Waals surface area contributed by atoms with Crippen molar-refractivity contribution in [2.45, 2.75) is 44.6 Å². The van der Waals surface area contributed by atoms with Gasteiger partial charge in [-0.15, -0.1) is 0 Å². The molecule has 2 saturated heterocycles. The Labute approximate surface area is 113 Å². The number of aliphatic carboxylic acids is 1. The Balaban J connectivity index is 1.72. The molecule has 5 nitrogen and oxygen atoms in total. The zero-order valence-corrected chi connectivity index (χ0v) is 11.5. The number of amides is 2. The van der Waals surface area contributed by atoms with Gasteiger partial charge in [-0.2, -0.15) is 0 Å². The summed E-state index contributed by atoms with van der Waals surface area (Å²) in [7, 11) is 0. The summed E-state index contributed by atoms with van der Waals surface area (Å²) < 4.78 is 0. The minimum atomic E-state index is -1.01. The number of urea groups is 1. The van der Waals surface area contributed by atoms with Gasteiger partial charge in [-0.25, -0.2) is 9.59 Å². The number of likely N-dealkylation sites (tertiary alicyclic amines) is 2. The van der Waals surface area contributed by atoms with Crippen LogP contribution in [0.25, 0.3) is 0 Å². The monoisotopic (exact) mass is 266 g/mol. The molecule has 0 aromatic rings. The van der Waals surface area contributed by atoms with E-state index in [-0.39, 0.29) is 6.03 Å². The Morgan fingerprint density at radius 2 is 1.79 bits per heavy atom. The van der Waals surface area contributed by atoms with Gasteiger partial charge in [0.05, 0.1) is 0 Å². The first-order chi connectivity index (χ1) is 9.02. The van der Waals surface area contributed by atoms with Crippen molar-refractivity contribution in [3.05, 3.63) is 0 Å². The Kier molecular flexibility index (Phi) is 2.95. The number of carboxylic acids is 1. The highest BCUT2D eigenvalue weighted by molar-refractivity contribution is 5.86. The van der Waals surface area contributed by atoms with Gasteiger partial charge in [-0.05, 0) is 44.4 Å². The molecule has 0 aromatic carbocycles. The SMILES string of the molecule is CC1(C(=O)O)CCCN1C(=O)N1CC2CCCC2C1. The van der Waals surface area contributed by atoms with Gasteiger partial charge in [-0.1, -0.05) is 6.42 Å². The van der Waals surface area contributed by atoms with Gasteiger partial charge >= 0.3 is 12.0 Å². The molecule has 3 unspecified atom stereocenters. The largest absolute Gasteiger partial charge is 0.480 e. The van der Waals surface area contributed by atoms with E-state index in [1.54, 1.807) is 11.8 Å². The minimum Gasteiger partial charge on any atom is -0.480 e. The van der Waals surface area contributed by atoms with Crippen molar-refractivity contribution in [3.8, 4) is 0 Å². The minimum absolute atomic E-state index is 0.0585. The highest BCUT2D eigenvalue weighted by Crippen LogP contribution is 2.39. The van der Waals surface area contributed by atoms with Gasteiger partial charge in [0.1, 0.15) is 5.54 Å². The average molecular weight is 266 g/mol. The molecule has 0 aromatic heterocycles. The smallest absolute Gasteiger partial charge is 0.329 e. The third-order valence-electron chi connectivity index (χ3n) is 5.33. The molecule has 106 valence electrons. The van der Waals surface area contributed by atoms with Crippen molar-refractivity contribution in [2.75, 3.05) is 19.6 Å². The van der Waals surface area contributed by atoms with E-state index in [2.05, 4.69) is 0 Å². The number of hydrogen-bond donors (Lipinski definition) is 1. The molecule has 2 heterocycles. The summed E-state index contributed by atoms with van der Waals surface area (Å²) in [4.78, 5) is 27.5. The topological polar surface area (TPSA) is 60.9 Å². The van der Waals surface area contributed by atoms with Crippen molar-refractivity contribution in [1.29, 1.82) is 0 Å². The highest BCUT2D eigenvalue weighted by atomic mass is 16.4. The summed E-state index contributed by atoms with van der Waals surface area (Å²) in [6, 6.07) is -0.0585. The van der Waals surface area contributed by atoms with E-state index in [1.165, 1.54) is 19.3 Å². The maximum absolute atomic E-state index is 12.6. The third kappa shape index (κ3) is 1.90. The molecule has 3 atom stereocenters. The Hall–Kier alpha value is -1.26. The second kappa shape index (κ2) is 4.39. The summed E-state index contributed by atoms with van der Waals surface area (Å²) in [6.45, 7) is 3.91. The predicted octanol–water partition coefficient (Wildman–Crippen LogP) is 1.78. The van der Waals surface area contributed by atoms with Crippen molar-refractivity contribution < 1.29 is 14.7 Å². The molecule has 5 heteroatoms. The zero-order valence-electron chi connectivity index (χ0n) is 11.5. The quantitative estimate of drug-likeness (QED) is 0.787. The van der Waals surface area contributed by atoms with Crippen LogP contribution < -0.4 is 0 Å². The van der Waals surface area contributed by atoms with E-state index in [0.29, 0.717) is 24.8 Å². The number of nitrogens with zero attached hydrogens (tertiary/aromatic N) is 2. The fourth-order valence-electron chi connectivity index (χ4n) is 4.05. The molecule has 1 saturated carbocycles. The van der Waals surface area contributed by atoms with Crippen LogP contribution in [0.2, 0.25) is 0 Å². The van der Waals surface area contributed by atoms with Crippen molar-refractivity contribution in [3.63, 3.8) is 0 Å². The predicted molar refractivity (Wildman–Crippen MR) is 69.8 cm³/mol. The first kappa shape index (κ1) is 12.8. The van der Waals surface area contributed by atoms with Crippen molar-refractivity contribution in [1.82, 2.24) is 9.80 Å². The molecule has 2 aliphatic heterocycles. The lowest BCUT2D eigenvalue weighted by molar-refractivity contribution is -0.147. The van der Waals surface area contributed by atoms with Crippen LogP contribution >= 0.6 is 0 Å². The van der Waals surface area contributed by atoms with Gasteiger partial charge in [0, 0.05) is 19.6 Å². The summed E-state index contributed by atoms with van der Waals surface area (Å²) in [6.07, 6.45) is 5.09. The van der Waals surface area contributed by atoms with E-state index >= 15 is 0 Å². The first-order valence-electron chi connectivity index (χ1n) is 7.32. The van der Waals surface area contributed by atoms with Crippen LogP contribution in [0.5, 0.6) is 0 Å². The molecule has 3 aliphatic rings. The summed E-state index contributed by atoms with van der Waals surface area (Å²) in [5.74, 6) is 0.433. The Bertz CT molecular complexity index is 399. The van der Waals surface area contributed by atoms with E-state index in [0.717, 1.165) is 19.5 Å². The molecule has 19 heavy (non-hydrogen) atoms. The maximum atomic E-state index is 12.6. The molecule has 2 amide bonds. The first-order valence-corrected chi connectivity index (χ1v) is 7.32. The summed E-state index contributed by atoms with van der Waals surface area (Å²) >= 11 is 0. The van der Waals surface area contributed by atoms with Crippen LogP contribution in [0.4, 0.5) is 4.79 Å². The maximum Gasteiger partial charge on any atom is 0.329 e. The van der Waals surface area contributed by atoms with Gasteiger partial charge in [-0.3, -0.25) is 0 Å². The van der Waals surface area contributed by atoms with Gasteiger partial charge in [0.15, 0.2) is 0 Å². The molecule has 0 radical (unpaired) electrons. The summed E-state index contributed by atoms with van der Waals surface area (Å²) in [5, 5.41) is 9.38. The molecule has 1 N–H and O–H groups in total. The van der Waals surface area contributed by atoms with Crippen LogP contribution in [-0.4, -0.2) is 52.1 Å². The molecule has 0 bridgehead atoms. The van der Waals surface area contributed by atoms with E-state index in [9.17, 15) is 14.7 Å². The molecule has 0 spiro atoms. The van der Waals surface area contributed by atoms with Gasteiger partial charge < -0.3 is 14.9 Å². The normalized spacial score (nSPS) is 37.7. The van der Waals surface area contributed by atoms with Crippen molar-refractivity contribution >= 4 is 12.0 Å². The fourth-order valence-corrected chi connectivity index (χ4v) is 4.05. The number of fused-ring (bicyclic) bond motifs is 1. The lowest BCUT2D eigenvalue weighted by atomic mass is 10.00. The van der Waals surface area contributed by atoms with Gasteiger partial charge in [0.25, 0.3) is 0 Å². The number of hydrogen-bond acceptors (Lipinski definition) is 2. The molecule has 3 rings (SSSR count). The lowest BCUT2D eigenvalue weighted by Crippen LogP contribution is -2.54. The second-order valence-electron chi connectivity index (χ2n) is 6.47. The average Bonchev–Trinajstić information content (AvgIpc) is 3.00.